The van der Waals surface area contributed by atoms with Crippen molar-refractivity contribution < 1.29 is 0 Å². The molecule has 0 fully saturated rings. The number of nitrogen functional groups attached to an aromatic ring is 1. The SMILES string of the molecule is CCCC(C)(CCC)c1cnc(N)nc1. The molecule has 15 heavy (non-hydrogen) atoms. The van der Waals surface area contributed by atoms with E-state index in [1.807, 2.05) is 12.4 Å². The minimum absolute atomic E-state index is 0.206. The third kappa shape index (κ3) is 2.91. The maximum atomic E-state index is 5.50. The van der Waals surface area contributed by atoms with Crippen molar-refractivity contribution >= 4 is 5.95 Å². The molecule has 0 radical (unpaired) electrons. The molecule has 0 aromatic carbocycles. The molecule has 0 aliphatic carbocycles. The van der Waals surface area contributed by atoms with Crippen molar-refractivity contribution in [2.75, 3.05) is 5.73 Å². The summed E-state index contributed by atoms with van der Waals surface area (Å²) in [5.74, 6) is 0.356. The highest BCUT2D eigenvalue weighted by Gasteiger charge is 2.25. The zero-order valence-corrected chi connectivity index (χ0v) is 9.95. The molecule has 1 aromatic heterocycles. The number of nitrogens with zero attached hydrogens (tertiary/aromatic N) is 2. The monoisotopic (exact) mass is 207 g/mol. The summed E-state index contributed by atoms with van der Waals surface area (Å²) in [5.41, 5.74) is 6.91. The maximum absolute atomic E-state index is 5.50. The molecule has 0 amide bonds. The zero-order chi connectivity index (χ0) is 11.3. The number of rotatable bonds is 5. The van der Waals surface area contributed by atoms with E-state index < -0.39 is 0 Å². The molecule has 84 valence electrons. The molecule has 1 aromatic rings. The molecule has 0 atom stereocenters. The number of hydrogen-bond donors (Lipinski definition) is 1. The molecule has 0 bridgehead atoms. The Morgan fingerprint density at radius 2 is 1.60 bits per heavy atom. The average molecular weight is 207 g/mol. The predicted octanol–water partition coefficient (Wildman–Crippen LogP) is 2.92. The lowest BCUT2D eigenvalue weighted by molar-refractivity contribution is 0.390. The minimum Gasteiger partial charge on any atom is -0.368 e. The van der Waals surface area contributed by atoms with Gasteiger partial charge in [-0.15, -0.1) is 0 Å². The normalized spacial score (nSPS) is 11.7. The van der Waals surface area contributed by atoms with Crippen LogP contribution < -0.4 is 5.73 Å². The van der Waals surface area contributed by atoms with Gasteiger partial charge >= 0.3 is 0 Å². The zero-order valence-electron chi connectivity index (χ0n) is 9.95. The van der Waals surface area contributed by atoms with Crippen LogP contribution in [-0.4, -0.2) is 9.97 Å². The number of anilines is 1. The van der Waals surface area contributed by atoms with Gasteiger partial charge in [-0.2, -0.15) is 0 Å². The van der Waals surface area contributed by atoms with Crippen molar-refractivity contribution in [3.63, 3.8) is 0 Å². The van der Waals surface area contributed by atoms with Crippen molar-refractivity contribution in [2.45, 2.75) is 51.9 Å². The van der Waals surface area contributed by atoms with E-state index in [2.05, 4.69) is 30.7 Å². The van der Waals surface area contributed by atoms with Crippen LogP contribution in [0.25, 0.3) is 0 Å². The maximum Gasteiger partial charge on any atom is 0.219 e. The lowest BCUT2D eigenvalue weighted by Gasteiger charge is -2.28. The fourth-order valence-electron chi connectivity index (χ4n) is 2.17. The van der Waals surface area contributed by atoms with Gasteiger partial charge in [0.05, 0.1) is 0 Å². The topological polar surface area (TPSA) is 51.8 Å². The standard InChI is InChI=1S/C12H21N3/c1-4-6-12(3,7-5-2)10-8-14-11(13)15-9-10/h8-9H,4-7H2,1-3H3,(H2,13,14,15). The lowest BCUT2D eigenvalue weighted by Crippen LogP contribution is -2.22. The highest BCUT2D eigenvalue weighted by Crippen LogP contribution is 2.32. The lowest BCUT2D eigenvalue weighted by atomic mass is 9.76. The van der Waals surface area contributed by atoms with Gasteiger partial charge in [-0.05, 0) is 23.8 Å². The summed E-state index contributed by atoms with van der Waals surface area (Å²) in [6, 6.07) is 0. The van der Waals surface area contributed by atoms with Gasteiger partial charge in [-0.25, -0.2) is 9.97 Å². The molecule has 0 spiro atoms. The fraction of sp³-hybridized carbons (Fsp3) is 0.667. The van der Waals surface area contributed by atoms with Crippen LogP contribution in [-0.2, 0) is 5.41 Å². The third-order valence-electron chi connectivity index (χ3n) is 2.97. The molecule has 2 N–H and O–H groups in total. The van der Waals surface area contributed by atoms with E-state index in [0.717, 1.165) is 0 Å². The summed E-state index contributed by atoms with van der Waals surface area (Å²) in [6.45, 7) is 6.72. The van der Waals surface area contributed by atoms with Crippen LogP contribution in [0.5, 0.6) is 0 Å². The molecule has 0 saturated carbocycles. The van der Waals surface area contributed by atoms with Gasteiger partial charge in [0.15, 0.2) is 0 Å². The quantitative estimate of drug-likeness (QED) is 0.807. The average Bonchev–Trinajstić information content (AvgIpc) is 2.19. The summed E-state index contributed by atoms with van der Waals surface area (Å²) in [6.07, 6.45) is 8.45. The predicted molar refractivity (Wildman–Crippen MR) is 63.6 cm³/mol. The highest BCUT2D eigenvalue weighted by molar-refractivity contribution is 5.23. The van der Waals surface area contributed by atoms with Gasteiger partial charge in [0, 0.05) is 12.4 Å². The molecular formula is C12H21N3. The molecule has 1 rings (SSSR count). The first-order valence-corrected chi connectivity index (χ1v) is 5.70. The number of nitrogens with two attached hydrogens (primary N) is 1. The van der Waals surface area contributed by atoms with Gasteiger partial charge in [-0.1, -0.05) is 33.6 Å². The molecule has 0 aliphatic rings. The molecule has 0 unspecified atom stereocenters. The molecule has 1 heterocycles. The second kappa shape index (κ2) is 5.10. The Hall–Kier alpha value is -1.12. The van der Waals surface area contributed by atoms with Crippen LogP contribution in [0.3, 0.4) is 0 Å². The van der Waals surface area contributed by atoms with E-state index in [1.165, 1.54) is 31.2 Å². The Labute approximate surface area is 92.1 Å². The van der Waals surface area contributed by atoms with Crippen molar-refractivity contribution in [1.29, 1.82) is 0 Å². The molecular weight excluding hydrogens is 186 g/mol. The molecule has 0 aliphatic heterocycles. The Kier molecular flexibility index (Phi) is 4.06. The van der Waals surface area contributed by atoms with Gasteiger partial charge in [0.25, 0.3) is 0 Å². The van der Waals surface area contributed by atoms with Gasteiger partial charge in [0.1, 0.15) is 0 Å². The molecule has 3 heteroatoms. The summed E-state index contributed by atoms with van der Waals surface area (Å²) in [5, 5.41) is 0. The third-order valence-corrected chi connectivity index (χ3v) is 2.97. The second-order valence-corrected chi connectivity index (χ2v) is 4.39. The number of aromatic nitrogens is 2. The fourth-order valence-corrected chi connectivity index (χ4v) is 2.17. The Morgan fingerprint density at radius 3 is 2.00 bits per heavy atom. The summed E-state index contributed by atoms with van der Waals surface area (Å²) < 4.78 is 0. The molecule has 3 nitrogen and oxygen atoms in total. The summed E-state index contributed by atoms with van der Waals surface area (Å²) >= 11 is 0. The first-order chi connectivity index (χ1) is 7.12. The van der Waals surface area contributed by atoms with Crippen LogP contribution in [0.2, 0.25) is 0 Å². The first-order valence-electron chi connectivity index (χ1n) is 5.70. The number of hydrogen-bond acceptors (Lipinski definition) is 3. The second-order valence-electron chi connectivity index (χ2n) is 4.39. The largest absolute Gasteiger partial charge is 0.368 e. The van der Waals surface area contributed by atoms with E-state index in [-0.39, 0.29) is 5.41 Å². The van der Waals surface area contributed by atoms with Crippen LogP contribution in [0.4, 0.5) is 5.95 Å². The van der Waals surface area contributed by atoms with E-state index >= 15 is 0 Å². The molecule has 0 saturated heterocycles. The van der Waals surface area contributed by atoms with Crippen LogP contribution in [0.1, 0.15) is 52.0 Å². The van der Waals surface area contributed by atoms with Crippen molar-refractivity contribution in [2.24, 2.45) is 0 Å². The van der Waals surface area contributed by atoms with Crippen LogP contribution in [0.15, 0.2) is 12.4 Å². The Bertz CT molecular complexity index is 286. The van der Waals surface area contributed by atoms with Gasteiger partial charge in [0.2, 0.25) is 5.95 Å². The first kappa shape index (κ1) is 12.0. The van der Waals surface area contributed by atoms with Crippen molar-refractivity contribution in [3.05, 3.63) is 18.0 Å². The minimum atomic E-state index is 0.206. The van der Waals surface area contributed by atoms with Crippen molar-refractivity contribution in [3.8, 4) is 0 Å². The van der Waals surface area contributed by atoms with Crippen LogP contribution >= 0.6 is 0 Å². The summed E-state index contributed by atoms with van der Waals surface area (Å²) in [7, 11) is 0. The van der Waals surface area contributed by atoms with E-state index in [0.29, 0.717) is 5.95 Å². The highest BCUT2D eigenvalue weighted by atomic mass is 15.0. The Balaban J connectivity index is 2.92. The Morgan fingerprint density at radius 1 is 1.13 bits per heavy atom. The van der Waals surface area contributed by atoms with E-state index in [4.69, 9.17) is 5.73 Å². The van der Waals surface area contributed by atoms with E-state index in [1.54, 1.807) is 0 Å². The van der Waals surface area contributed by atoms with E-state index in [9.17, 15) is 0 Å². The van der Waals surface area contributed by atoms with Gasteiger partial charge in [-0.3, -0.25) is 0 Å². The van der Waals surface area contributed by atoms with Gasteiger partial charge < -0.3 is 5.73 Å². The van der Waals surface area contributed by atoms with Crippen LogP contribution in [0, 0.1) is 0 Å². The van der Waals surface area contributed by atoms with Crippen molar-refractivity contribution in [1.82, 2.24) is 9.97 Å². The smallest absolute Gasteiger partial charge is 0.219 e. The summed E-state index contributed by atoms with van der Waals surface area (Å²) in [4.78, 5) is 8.15.